The van der Waals surface area contributed by atoms with Crippen LogP contribution in [0.25, 0.3) is 32.9 Å². The molecule has 1 amide bonds. The molecule has 2 N–H and O–H groups in total. The molecule has 3 aromatic carbocycles. The van der Waals surface area contributed by atoms with E-state index in [0.29, 0.717) is 85.9 Å². The van der Waals surface area contributed by atoms with Crippen LogP contribution in [0.5, 0.6) is 11.8 Å². The number of anilines is 1. The summed E-state index contributed by atoms with van der Waals surface area (Å²) >= 11 is 0. The molecule has 1 saturated carbocycles. The van der Waals surface area contributed by atoms with Gasteiger partial charge in [0.1, 0.15) is 29.9 Å². The molecule has 2 aromatic heterocycles. The molecule has 5 aliphatic rings. The molecule has 1 aliphatic carbocycles. The fourth-order valence-electron chi connectivity index (χ4n) is 9.33. The molecule has 4 saturated heterocycles. The number of halogens is 1. The van der Waals surface area contributed by atoms with Crippen molar-refractivity contribution >= 4 is 33.7 Å². The van der Waals surface area contributed by atoms with Crippen molar-refractivity contribution in [1.82, 2.24) is 24.6 Å². The van der Waals surface area contributed by atoms with Crippen LogP contribution in [0.1, 0.15) is 85.8 Å². The molecule has 4 aliphatic heterocycles. The smallest absolute Gasteiger partial charge is 0.407 e. The molecule has 6 heterocycles. The number of hydrogen-bond donors (Lipinski definition) is 2. The van der Waals surface area contributed by atoms with Gasteiger partial charge < -0.3 is 39.0 Å². The lowest BCUT2D eigenvalue weighted by molar-refractivity contribution is -0.0366. The highest BCUT2D eigenvalue weighted by molar-refractivity contribution is 6.06. The zero-order valence-corrected chi connectivity index (χ0v) is 32.0. The number of aliphatic hydroxyl groups is 1. The highest BCUT2D eigenvalue weighted by Gasteiger charge is 2.47. The van der Waals surface area contributed by atoms with Crippen LogP contribution in [0.15, 0.2) is 42.6 Å². The molecular weight excluding hydrogens is 732 g/mol. The number of piperazine rings is 1. The summed E-state index contributed by atoms with van der Waals surface area (Å²) in [6.45, 7) is 4.62. The second-order valence-electron chi connectivity index (χ2n) is 16.2. The number of carbonyl (C=O) groups is 1. The first kappa shape index (κ1) is 36.3. The third-order valence-corrected chi connectivity index (χ3v) is 12.5. The number of aliphatic hydroxyl groups excluding tert-OH is 1. The number of benzene rings is 3. The van der Waals surface area contributed by atoms with E-state index in [4.69, 9.17) is 34.0 Å². The van der Waals surface area contributed by atoms with E-state index < -0.39 is 6.09 Å². The van der Waals surface area contributed by atoms with Crippen LogP contribution in [0.2, 0.25) is 0 Å². The maximum atomic E-state index is 16.5. The van der Waals surface area contributed by atoms with E-state index in [2.05, 4.69) is 11.0 Å². The zero-order valence-electron chi connectivity index (χ0n) is 32.0. The maximum absolute atomic E-state index is 16.5. The van der Waals surface area contributed by atoms with Crippen molar-refractivity contribution < 1.29 is 38.3 Å². The average Bonchev–Trinajstić information content (AvgIpc) is 3.67. The molecular formula is C43H47FN6O7. The Morgan fingerprint density at radius 1 is 0.947 bits per heavy atom. The van der Waals surface area contributed by atoms with Crippen LogP contribution in [0.3, 0.4) is 0 Å². The highest BCUT2D eigenvalue weighted by atomic mass is 19.1. The molecule has 10 rings (SSSR count). The van der Waals surface area contributed by atoms with Crippen molar-refractivity contribution in [3.05, 3.63) is 70.7 Å². The number of likely N-dealkylation sites (tertiary alicyclic amines) is 1. The Balaban J connectivity index is 1.21. The van der Waals surface area contributed by atoms with E-state index in [1.165, 1.54) is 4.90 Å². The van der Waals surface area contributed by atoms with Crippen LogP contribution < -0.4 is 14.4 Å². The van der Waals surface area contributed by atoms with E-state index in [1.807, 2.05) is 42.1 Å². The Kier molecular flexibility index (Phi) is 9.37. The van der Waals surface area contributed by atoms with Crippen molar-refractivity contribution in [1.29, 1.82) is 0 Å². The lowest BCUT2D eigenvalue weighted by atomic mass is 9.88. The van der Waals surface area contributed by atoms with E-state index in [0.717, 1.165) is 65.1 Å². The number of nitrogens with zero attached hydrogens (tertiary/aromatic N) is 6. The largest absolute Gasteiger partial charge is 0.486 e. The van der Waals surface area contributed by atoms with Crippen molar-refractivity contribution in [2.75, 3.05) is 37.8 Å². The Morgan fingerprint density at radius 3 is 2.46 bits per heavy atom. The van der Waals surface area contributed by atoms with Crippen LogP contribution >= 0.6 is 0 Å². The normalized spacial score (nSPS) is 22.5. The fraction of sp³-hybridized carbons (Fsp3) is 0.488. The first-order chi connectivity index (χ1) is 27.8. The van der Waals surface area contributed by atoms with Gasteiger partial charge in [0, 0.05) is 60.5 Å². The second kappa shape index (κ2) is 14.7. The lowest BCUT2D eigenvalue weighted by Gasteiger charge is -2.34. The number of rotatable bonds is 10. The topological polar surface area (TPSA) is 145 Å². The molecule has 13 nitrogen and oxygen atoms in total. The van der Waals surface area contributed by atoms with E-state index >= 15 is 4.39 Å². The van der Waals surface area contributed by atoms with Crippen LogP contribution in [0.4, 0.5) is 15.0 Å². The van der Waals surface area contributed by atoms with Gasteiger partial charge in [0.2, 0.25) is 0 Å². The molecule has 1 unspecified atom stereocenters. The minimum atomic E-state index is -0.906. The number of ether oxygens (including phenoxy) is 4. The molecule has 0 spiro atoms. The van der Waals surface area contributed by atoms with Crippen LogP contribution in [0, 0.1) is 12.7 Å². The van der Waals surface area contributed by atoms with Gasteiger partial charge >= 0.3 is 12.1 Å². The Morgan fingerprint density at radius 2 is 1.75 bits per heavy atom. The lowest BCUT2D eigenvalue weighted by Crippen LogP contribution is -2.48. The Hall–Kier alpha value is -5.05. The fourth-order valence-corrected chi connectivity index (χ4v) is 9.33. The SMILES string of the molecule is Cc1c(F)cc2c(cnn2C2CCCCO2)c1-c1c(C2CC2)cc2c(N3C[C@@H]4C[C@H]3CN4C(=O)O)nc(OC3CCOCC3)nc2c1OCc1ccc(CO)cc1. The highest BCUT2D eigenvalue weighted by Crippen LogP contribution is 2.54. The van der Waals surface area contributed by atoms with Crippen molar-refractivity contribution in [2.45, 2.75) is 102 Å². The molecule has 298 valence electrons. The second-order valence-corrected chi connectivity index (χ2v) is 16.2. The summed E-state index contributed by atoms with van der Waals surface area (Å²) in [5.41, 5.74) is 5.92. The van der Waals surface area contributed by atoms with Gasteiger partial charge in [-0.1, -0.05) is 24.3 Å². The predicted octanol–water partition coefficient (Wildman–Crippen LogP) is 7.24. The standard InChI is InChI=1S/C43H47FN6O7/c1-24-34(44)18-35-33(19-45-50(35)36-4-2-3-13-55-36)37(24)38-31(27-9-10-27)17-32-39(40(38)56-23-26-7-5-25(22-51)6-8-26)46-42(57-30-11-14-54-15-12-30)47-41(32)48-20-29-16-28(48)21-49(29)43(52)53/h5-8,17-19,27-30,36,51H,2-4,9-16,20-23H2,1H3,(H,52,53)/t28-,29-,36?/m0/s1. The number of carboxylic acid groups (broad SMARTS) is 1. The minimum Gasteiger partial charge on any atom is -0.486 e. The predicted molar refractivity (Wildman–Crippen MR) is 209 cm³/mol. The molecule has 0 radical (unpaired) electrons. The van der Waals surface area contributed by atoms with Gasteiger partial charge in [-0.25, -0.2) is 13.9 Å². The average molecular weight is 779 g/mol. The number of aromatic nitrogens is 4. The summed E-state index contributed by atoms with van der Waals surface area (Å²) in [5, 5.41) is 26.1. The Bertz CT molecular complexity index is 2340. The van der Waals surface area contributed by atoms with Crippen molar-refractivity contribution in [3.63, 3.8) is 0 Å². The monoisotopic (exact) mass is 778 g/mol. The molecule has 3 atom stereocenters. The maximum Gasteiger partial charge on any atom is 0.407 e. The summed E-state index contributed by atoms with van der Waals surface area (Å²) < 4.78 is 43.6. The summed E-state index contributed by atoms with van der Waals surface area (Å²) in [6, 6.07) is 11.4. The zero-order chi connectivity index (χ0) is 38.8. The quantitative estimate of drug-likeness (QED) is 0.148. The van der Waals surface area contributed by atoms with E-state index in [9.17, 15) is 15.0 Å². The third kappa shape index (κ3) is 6.61. The summed E-state index contributed by atoms with van der Waals surface area (Å²) in [7, 11) is 0. The van der Waals surface area contributed by atoms with Gasteiger partial charge in [-0.3, -0.25) is 0 Å². The molecule has 5 fully saturated rings. The molecule has 14 heteroatoms. The van der Waals surface area contributed by atoms with Crippen molar-refractivity contribution in [3.8, 4) is 22.9 Å². The number of amides is 1. The van der Waals surface area contributed by atoms with Gasteiger partial charge in [0.15, 0.2) is 12.0 Å². The van der Waals surface area contributed by atoms with Crippen LogP contribution in [-0.4, -0.2) is 92.1 Å². The molecule has 2 bridgehead atoms. The van der Waals surface area contributed by atoms with Gasteiger partial charge in [0.05, 0.1) is 43.6 Å². The summed E-state index contributed by atoms with van der Waals surface area (Å²) in [4.78, 5) is 26.2. The first-order valence-electron chi connectivity index (χ1n) is 20.3. The summed E-state index contributed by atoms with van der Waals surface area (Å²) in [5.74, 6) is 1.06. The van der Waals surface area contributed by atoms with Crippen molar-refractivity contribution in [2.24, 2.45) is 0 Å². The summed E-state index contributed by atoms with van der Waals surface area (Å²) in [6.07, 6.45) is 7.35. The van der Waals surface area contributed by atoms with E-state index in [-0.39, 0.29) is 55.4 Å². The number of fused-ring (bicyclic) bond motifs is 4. The van der Waals surface area contributed by atoms with Gasteiger partial charge in [-0.05, 0) is 79.7 Å². The molecule has 5 aromatic rings. The minimum absolute atomic E-state index is 0.0588. The van der Waals surface area contributed by atoms with Gasteiger partial charge in [0.25, 0.3) is 0 Å². The first-order valence-corrected chi connectivity index (χ1v) is 20.3. The van der Waals surface area contributed by atoms with E-state index in [1.54, 1.807) is 6.07 Å². The van der Waals surface area contributed by atoms with Gasteiger partial charge in [-0.2, -0.15) is 15.1 Å². The van der Waals surface area contributed by atoms with Crippen LogP contribution in [-0.2, 0) is 22.7 Å². The van der Waals surface area contributed by atoms with Gasteiger partial charge in [-0.15, -0.1) is 0 Å². The third-order valence-electron chi connectivity index (χ3n) is 12.5. The Labute approximate surface area is 329 Å². The number of hydrogen-bond acceptors (Lipinski definition) is 10. The molecule has 57 heavy (non-hydrogen) atoms.